The maximum absolute atomic E-state index is 12.7. The van der Waals surface area contributed by atoms with Crippen molar-refractivity contribution in [3.05, 3.63) is 24.1 Å². The number of hydrogen-bond acceptors (Lipinski definition) is 3. The molecule has 2 aliphatic rings. The molecule has 2 rings (SSSR count). The number of nitrogens with zero attached hydrogens (tertiary/aromatic N) is 1. The van der Waals surface area contributed by atoms with E-state index in [4.69, 9.17) is 10.00 Å². The van der Waals surface area contributed by atoms with Gasteiger partial charge in [-0.05, 0) is 82.1 Å². The standard InChI is InChI=1S/C26H40FNO2/c1-2-3-4-6-9-21-12-16-23(17-13-21)26(29)30-25-18-14-22(15-19-25)10-7-5-8-11-24(27)20-28/h5,8,11,21-23,25H,2-4,6-7,9-10,12-19H2,1H3/b8-5+,24-11?/t21-,22?,23-,25?. The lowest BCUT2D eigenvalue weighted by molar-refractivity contribution is -0.157. The van der Waals surface area contributed by atoms with Crippen LogP contribution in [-0.2, 0) is 9.53 Å². The summed E-state index contributed by atoms with van der Waals surface area (Å²) in [4.78, 5) is 12.6. The minimum atomic E-state index is -0.756. The summed E-state index contributed by atoms with van der Waals surface area (Å²) in [5, 5.41) is 8.36. The molecule has 0 amide bonds. The second-order valence-electron chi connectivity index (χ2n) is 9.28. The first-order chi connectivity index (χ1) is 14.6. The number of rotatable bonds is 11. The van der Waals surface area contributed by atoms with E-state index < -0.39 is 5.83 Å². The van der Waals surface area contributed by atoms with E-state index in [2.05, 4.69) is 6.92 Å². The van der Waals surface area contributed by atoms with E-state index >= 15 is 0 Å². The molecule has 0 unspecified atom stereocenters. The van der Waals surface area contributed by atoms with Gasteiger partial charge in [0.2, 0.25) is 0 Å². The summed E-state index contributed by atoms with van der Waals surface area (Å²) in [6.45, 7) is 2.25. The molecule has 30 heavy (non-hydrogen) atoms. The van der Waals surface area contributed by atoms with E-state index in [0.717, 1.165) is 57.3 Å². The molecule has 0 bridgehead atoms. The highest BCUT2D eigenvalue weighted by Crippen LogP contribution is 2.34. The predicted molar refractivity (Wildman–Crippen MR) is 119 cm³/mol. The third-order valence-electron chi connectivity index (χ3n) is 6.95. The molecule has 0 heterocycles. The average Bonchev–Trinajstić information content (AvgIpc) is 2.77. The molecule has 0 radical (unpaired) electrons. The molecular formula is C26H40FNO2. The van der Waals surface area contributed by atoms with Gasteiger partial charge in [0.15, 0.2) is 5.83 Å². The van der Waals surface area contributed by atoms with Crippen LogP contribution in [0.5, 0.6) is 0 Å². The fourth-order valence-corrected chi connectivity index (χ4v) is 4.96. The SMILES string of the molecule is CCCCCC[C@H]1CC[C@H](C(=O)OC2CCC(CC/C=C/C=C(F)C#N)CC2)CC1. The van der Waals surface area contributed by atoms with Gasteiger partial charge in [-0.15, -0.1) is 0 Å². The van der Waals surface area contributed by atoms with Crippen molar-refractivity contribution in [3.63, 3.8) is 0 Å². The van der Waals surface area contributed by atoms with Crippen molar-refractivity contribution in [2.45, 2.75) is 109 Å². The number of hydrogen-bond donors (Lipinski definition) is 0. The number of nitriles is 1. The molecule has 0 spiro atoms. The molecule has 0 aromatic heterocycles. The van der Waals surface area contributed by atoms with Crippen molar-refractivity contribution in [3.8, 4) is 6.07 Å². The summed E-state index contributed by atoms with van der Waals surface area (Å²) in [6.07, 6.45) is 22.0. The van der Waals surface area contributed by atoms with Crippen molar-refractivity contribution in [1.82, 2.24) is 0 Å². The summed E-state index contributed by atoms with van der Waals surface area (Å²) in [7, 11) is 0. The Hall–Kier alpha value is -1.63. The molecule has 2 fully saturated rings. The second-order valence-corrected chi connectivity index (χ2v) is 9.28. The first kappa shape index (κ1) is 24.6. The maximum Gasteiger partial charge on any atom is 0.309 e. The smallest absolute Gasteiger partial charge is 0.309 e. The van der Waals surface area contributed by atoms with Crippen LogP contribution in [0.1, 0.15) is 103 Å². The van der Waals surface area contributed by atoms with Crippen molar-refractivity contribution in [2.24, 2.45) is 17.8 Å². The average molecular weight is 418 g/mol. The van der Waals surface area contributed by atoms with Crippen molar-refractivity contribution in [2.75, 3.05) is 0 Å². The minimum Gasteiger partial charge on any atom is -0.462 e. The zero-order chi connectivity index (χ0) is 21.6. The highest BCUT2D eigenvalue weighted by molar-refractivity contribution is 5.72. The number of allylic oxidation sites excluding steroid dienone is 4. The van der Waals surface area contributed by atoms with Crippen LogP contribution in [0, 0.1) is 29.1 Å². The number of unbranched alkanes of at least 4 members (excludes halogenated alkanes) is 3. The Bertz CT molecular complexity index is 591. The van der Waals surface area contributed by atoms with E-state index in [0.29, 0.717) is 5.92 Å². The van der Waals surface area contributed by atoms with Gasteiger partial charge in [-0.1, -0.05) is 51.2 Å². The Morgan fingerprint density at radius 1 is 1.00 bits per heavy atom. The number of esters is 1. The summed E-state index contributed by atoms with van der Waals surface area (Å²) in [6, 6.07) is 1.47. The van der Waals surface area contributed by atoms with E-state index in [1.165, 1.54) is 57.1 Å². The number of ether oxygens (including phenoxy) is 1. The summed E-state index contributed by atoms with van der Waals surface area (Å²) < 4.78 is 18.6. The summed E-state index contributed by atoms with van der Waals surface area (Å²) >= 11 is 0. The number of carbonyl (C=O) groups excluding carboxylic acids is 1. The Labute approximate surface area is 182 Å². The molecule has 2 saturated carbocycles. The Morgan fingerprint density at radius 3 is 2.33 bits per heavy atom. The fraction of sp³-hybridized carbons (Fsp3) is 0.769. The molecule has 0 aliphatic heterocycles. The lowest BCUT2D eigenvalue weighted by Crippen LogP contribution is -2.30. The van der Waals surface area contributed by atoms with Crippen molar-refractivity contribution >= 4 is 5.97 Å². The van der Waals surface area contributed by atoms with Gasteiger partial charge in [0.05, 0.1) is 5.92 Å². The normalized spacial score (nSPS) is 27.7. The van der Waals surface area contributed by atoms with Gasteiger partial charge in [-0.25, -0.2) is 0 Å². The van der Waals surface area contributed by atoms with Gasteiger partial charge in [0, 0.05) is 0 Å². The third kappa shape index (κ3) is 9.45. The molecule has 3 nitrogen and oxygen atoms in total. The first-order valence-electron chi connectivity index (χ1n) is 12.2. The Morgan fingerprint density at radius 2 is 1.67 bits per heavy atom. The van der Waals surface area contributed by atoms with E-state index in [1.54, 1.807) is 6.08 Å². The van der Waals surface area contributed by atoms with E-state index in [9.17, 15) is 9.18 Å². The zero-order valence-electron chi connectivity index (χ0n) is 18.8. The molecule has 0 atom stereocenters. The van der Waals surface area contributed by atoms with Crippen molar-refractivity contribution in [1.29, 1.82) is 5.26 Å². The Kier molecular flexibility index (Phi) is 11.8. The highest BCUT2D eigenvalue weighted by atomic mass is 19.1. The Balaban J connectivity index is 1.57. The highest BCUT2D eigenvalue weighted by Gasteiger charge is 2.30. The lowest BCUT2D eigenvalue weighted by atomic mass is 9.79. The second kappa shape index (κ2) is 14.4. The number of halogens is 1. The quantitative estimate of drug-likeness (QED) is 0.151. The van der Waals surface area contributed by atoms with Gasteiger partial charge < -0.3 is 4.74 Å². The molecule has 0 saturated heterocycles. The largest absolute Gasteiger partial charge is 0.462 e. The minimum absolute atomic E-state index is 0.0529. The van der Waals surface area contributed by atoms with Crippen LogP contribution < -0.4 is 0 Å². The van der Waals surface area contributed by atoms with Crippen LogP contribution >= 0.6 is 0 Å². The third-order valence-corrected chi connectivity index (χ3v) is 6.95. The topological polar surface area (TPSA) is 50.1 Å². The number of carbonyl (C=O) groups is 1. The zero-order valence-corrected chi connectivity index (χ0v) is 18.8. The fourth-order valence-electron chi connectivity index (χ4n) is 4.96. The molecule has 0 aromatic carbocycles. The van der Waals surface area contributed by atoms with E-state index in [1.807, 2.05) is 6.08 Å². The molecule has 4 heteroatoms. The van der Waals surface area contributed by atoms with Gasteiger partial charge in [0.1, 0.15) is 12.2 Å². The van der Waals surface area contributed by atoms with Gasteiger partial charge in [0.25, 0.3) is 0 Å². The van der Waals surface area contributed by atoms with Gasteiger partial charge >= 0.3 is 5.97 Å². The van der Waals surface area contributed by atoms with E-state index in [-0.39, 0.29) is 18.0 Å². The summed E-state index contributed by atoms with van der Waals surface area (Å²) in [5.41, 5.74) is 0. The summed E-state index contributed by atoms with van der Waals surface area (Å²) in [5.74, 6) is 0.896. The van der Waals surface area contributed by atoms with Crippen LogP contribution in [0.3, 0.4) is 0 Å². The van der Waals surface area contributed by atoms with Crippen LogP contribution in [0.2, 0.25) is 0 Å². The molecule has 168 valence electrons. The van der Waals surface area contributed by atoms with Crippen LogP contribution in [-0.4, -0.2) is 12.1 Å². The molecular weight excluding hydrogens is 377 g/mol. The first-order valence-corrected chi connectivity index (χ1v) is 12.2. The molecule has 0 N–H and O–H groups in total. The van der Waals surface area contributed by atoms with Gasteiger partial charge in [-0.2, -0.15) is 9.65 Å². The van der Waals surface area contributed by atoms with Crippen LogP contribution in [0.15, 0.2) is 24.1 Å². The monoisotopic (exact) mass is 417 g/mol. The lowest BCUT2D eigenvalue weighted by Gasteiger charge is -2.31. The van der Waals surface area contributed by atoms with Gasteiger partial charge in [-0.3, -0.25) is 4.79 Å². The predicted octanol–water partition coefficient (Wildman–Crippen LogP) is 7.58. The molecule has 0 aromatic rings. The van der Waals surface area contributed by atoms with Crippen LogP contribution in [0.25, 0.3) is 0 Å². The van der Waals surface area contributed by atoms with Crippen molar-refractivity contribution < 1.29 is 13.9 Å². The maximum atomic E-state index is 12.7. The molecule has 2 aliphatic carbocycles. The van der Waals surface area contributed by atoms with Crippen LogP contribution in [0.4, 0.5) is 4.39 Å².